The van der Waals surface area contributed by atoms with Gasteiger partial charge in [0.15, 0.2) is 0 Å². The highest BCUT2D eigenvalue weighted by Crippen LogP contribution is 2.46. The van der Waals surface area contributed by atoms with Crippen molar-refractivity contribution in [1.29, 1.82) is 0 Å². The number of nitrogens with one attached hydrogen (secondary N) is 2. The van der Waals surface area contributed by atoms with Gasteiger partial charge in [0.2, 0.25) is 11.8 Å². The molecule has 0 heterocycles. The van der Waals surface area contributed by atoms with Gasteiger partial charge in [0.1, 0.15) is 5.41 Å². The Bertz CT molecular complexity index is 781. The zero-order valence-corrected chi connectivity index (χ0v) is 16.0. The quantitative estimate of drug-likeness (QED) is 0.558. The largest absolute Gasteiger partial charge is 0.378 e. The summed E-state index contributed by atoms with van der Waals surface area (Å²) in [5.41, 5.74) is 2.14. The van der Waals surface area contributed by atoms with E-state index < -0.39 is 5.41 Å². The van der Waals surface area contributed by atoms with Gasteiger partial charge >= 0.3 is 0 Å². The van der Waals surface area contributed by atoms with E-state index in [0.717, 1.165) is 18.5 Å². The fourth-order valence-corrected chi connectivity index (χ4v) is 3.08. The molecule has 2 aromatic rings. The molecule has 1 saturated carbocycles. The minimum atomic E-state index is -0.896. The van der Waals surface area contributed by atoms with Crippen LogP contribution in [-0.4, -0.2) is 32.5 Å². The monoisotopic (exact) mass is 365 g/mol. The third-order valence-electron chi connectivity index (χ3n) is 5.03. The minimum Gasteiger partial charge on any atom is -0.378 e. The summed E-state index contributed by atoms with van der Waals surface area (Å²) in [5, 5.41) is 5.83. The number of benzene rings is 2. The van der Waals surface area contributed by atoms with Crippen LogP contribution in [0.4, 0.5) is 11.4 Å². The van der Waals surface area contributed by atoms with Crippen molar-refractivity contribution in [2.75, 3.05) is 30.9 Å². The Hall–Kier alpha value is -2.82. The second-order valence-electron chi connectivity index (χ2n) is 7.32. The molecule has 1 aliphatic rings. The van der Waals surface area contributed by atoms with E-state index in [1.165, 1.54) is 5.56 Å². The van der Waals surface area contributed by atoms with Crippen LogP contribution in [0.3, 0.4) is 0 Å². The van der Waals surface area contributed by atoms with Crippen LogP contribution in [-0.2, 0) is 16.0 Å². The van der Waals surface area contributed by atoms with E-state index in [9.17, 15) is 9.59 Å². The van der Waals surface area contributed by atoms with Crippen LogP contribution < -0.4 is 15.5 Å². The molecule has 0 aliphatic heterocycles. The Morgan fingerprint density at radius 2 is 1.63 bits per heavy atom. The van der Waals surface area contributed by atoms with Gasteiger partial charge in [0, 0.05) is 32.0 Å². The third kappa shape index (κ3) is 4.67. The van der Waals surface area contributed by atoms with Crippen molar-refractivity contribution < 1.29 is 9.59 Å². The second-order valence-corrected chi connectivity index (χ2v) is 7.32. The van der Waals surface area contributed by atoms with E-state index in [1.54, 1.807) is 0 Å². The molecule has 27 heavy (non-hydrogen) atoms. The van der Waals surface area contributed by atoms with Gasteiger partial charge < -0.3 is 15.5 Å². The van der Waals surface area contributed by atoms with Crippen molar-refractivity contribution in [1.82, 2.24) is 5.32 Å². The average molecular weight is 365 g/mol. The molecular weight excluding hydrogens is 338 g/mol. The van der Waals surface area contributed by atoms with Crippen molar-refractivity contribution in [2.24, 2.45) is 5.41 Å². The molecule has 1 fully saturated rings. The first-order valence-corrected chi connectivity index (χ1v) is 9.42. The molecule has 2 N–H and O–H groups in total. The predicted octanol–water partition coefficient (Wildman–Crippen LogP) is 3.22. The van der Waals surface area contributed by atoms with E-state index in [-0.39, 0.29) is 11.8 Å². The van der Waals surface area contributed by atoms with E-state index in [1.807, 2.05) is 61.5 Å². The molecule has 0 atom stereocenters. The Kier molecular flexibility index (Phi) is 5.79. The predicted molar refractivity (Wildman–Crippen MR) is 109 cm³/mol. The van der Waals surface area contributed by atoms with Crippen molar-refractivity contribution in [3.8, 4) is 0 Å². The first-order valence-electron chi connectivity index (χ1n) is 9.42. The van der Waals surface area contributed by atoms with Crippen molar-refractivity contribution in [2.45, 2.75) is 25.7 Å². The molecule has 3 rings (SSSR count). The first-order chi connectivity index (χ1) is 13.0. The molecule has 142 valence electrons. The number of hydrogen-bond acceptors (Lipinski definition) is 3. The maximum atomic E-state index is 12.6. The van der Waals surface area contributed by atoms with E-state index >= 15 is 0 Å². The summed E-state index contributed by atoms with van der Waals surface area (Å²) in [7, 11) is 3.93. The first kappa shape index (κ1) is 19.0. The maximum Gasteiger partial charge on any atom is 0.240 e. The zero-order valence-electron chi connectivity index (χ0n) is 16.0. The molecule has 2 aromatic carbocycles. The lowest BCUT2D eigenvalue weighted by Gasteiger charge is -2.16. The third-order valence-corrected chi connectivity index (χ3v) is 5.03. The topological polar surface area (TPSA) is 61.4 Å². The maximum absolute atomic E-state index is 12.6. The SMILES string of the molecule is CN(C)c1ccc(NC(=O)C2(C(=O)NCCCc3ccccc3)CC2)cc1. The summed E-state index contributed by atoms with van der Waals surface area (Å²) in [5.74, 6) is -0.362. The van der Waals surface area contributed by atoms with Crippen LogP contribution in [0.15, 0.2) is 54.6 Å². The van der Waals surface area contributed by atoms with Crippen LogP contribution >= 0.6 is 0 Å². The molecule has 0 saturated heterocycles. The Morgan fingerprint density at radius 3 is 2.22 bits per heavy atom. The zero-order chi connectivity index (χ0) is 19.3. The molecule has 5 nitrogen and oxygen atoms in total. The van der Waals surface area contributed by atoms with Gasteiger partial charge in [-0.1, -0.05) is 30.3 Å². The van der Waals surface area contributed by atoms with Crippen molar-refractivity contribution >= 4 is 23.2 Å². The summed E-state index contributed by atoms with van der Waals surface area (Å²) < 4.78 is 0. The highest BCUT2D eigenvalue weighted by atomic mass is 16.2. The van der Waals surface area contributed by atoms with Gasteiger partial charge in [0.25, 0.3) is 0 Å². The lowest BCUT2D eigenvalue weighted by Crippen LogP contribution is -2.40. The van der Waals surface area contributed by atoms with Crippen molar-refractivity contribution in [3.63, 3.8) is 0 Å². The number of hydrogen-bond donors (Lipinski definition) is 2. The Labute approximate surface area is 160 Å². The normalized spacial score (nSPS) is 14.3. The number of rotatable bonds is 8. The molecule has 1 aliphatic carbocycles. The lowest BCUT2D eigenvalue weighted by molar-refractivity contribution is -0.134. The number of anilines is 2. The van der Waals surface area contributed by atoms with Crippen molar-refractivity contribution in [3.05, 3.63) is 60.2 Å². The van der Waals surface area contributed by atoms with Crippen LogP contribution in [0.5, 0.6) is 0 Å². The fraction of sp³-hybridized carbons (Fsp3) is 0.364. The van der Waals surface area contributed by atoms with Gasteiger partial charge in [-0.3, -0.25) is 9.59 Å². The number of aryl methyl sites for hydroxylation is 1. The highest BCUT2D eigenvalue weighted by Gasteiger charge is 2.56. The van der Waals surface area contributed by atoms with Crippen LogP contribution in [0.25, 0.3) is 0 Å². The summed E-state index contributed by atoms with van der Waals surface area (Å²) in [4.78, 5) is 27.2. The van der Waals surface area contributed by atoms with E-state index in [0.29, 0.717) is 25.1 Å². The number of carbonyl (C=O) groups excluding carboxylic acids is 2. The van der Waals surface area contributed by atoms with Gasteiger partial charge in [-0.25, -0.2) is 0 Å². The van der Waals surface area contributed by atoms with E-state index in [2.05, 4.69) is 22.8 Å². The summed E-state index contributed by atoms with van der Waals surface area (Å²) in [6.45, 7) is 0.584. The lowest BCUT2D eigenvalue weighted by atomic mass is 10.0. The minimum absolute atomic E-state index is 0.155. The van der Waals surface area contributed by atoms with Crippen LogP contribution in [0.1, 0.15) is 24.8 Å². The van der Waals surface area contributed by atoms with Gasteiger partial charge in [-0.15, -0.1) is 0 Å². The summed E-state index contributed by atoms with van der Waals surface area (Å²) >= 11 is 0. The van der Waals surface area contributed by atoms with Gasteiger partial charge in [-0.2, -0.15) is 0 Å². The van der Waals surface area contributed by atoms with Gasteiger partial charge in [-0.05, 0) is 55.5 Å². The fourth-order valence-electron chi connectivity index (χ4n) is 3.08. The smallest absolute Gasteiger partial charge is 0.240 e. The van der Waals surface area contributed by atoms with Gasteiger partial charge in [0.05, 0.1) is 0 Å². The molecule has 0 spiro atoms. The molecule has 0 radical (unpaired) electrons. The standard InChI is InChI=1S/C22H27N3O2/c1-25(2)19-12-10-18(11-13-19)24-21(27)22(14-15-22)20(26)23-16-6-9-17-7-4-3-5-8-17/h3-5,7-8,10-13H,6,9,14-16H2,1-2H3,(H,23,26)(H,24,27). The molecule has 0 bridgehead atoms. The summed E-state index contributed by atoms with van der Waals surface area (Å²) in [6, 6.07) is 17.8. The Morgan fingerprint density at radius 1 is 0.963 bits per heavy atom. The highest BCUT2D eigenvalue weighted by molar-refractivity contribution is 6.13. The molecular formula is C22H27N3O2. The molecule has 5 heteroatoms. The van der Waals surface area contributed by atoms with Crippen LogP contribution in [0.2, 0.25) is 0 Å². The molecule has 0 aromatic heterocycles. The number of nitrogens with zero attached hydrogens (tertiary/aromatic N) is 1. The Balaban J connectivity index is 1.48. The second kappa shape index (κ2) is 8.25. The number of carbonyl (C=O) groups is 2. The molecule has 2 amide bonds. The van der Waals surface area contributed by atoms with E-state index in [4.69, 9.17) is 0 Å². The average Bonchev–Trinajstić information content (AvgIpc) is 3.48. The molecule has 0 unspecified atom stereocenters. The number of amides is 2. The van der Waals surface area contributed by atoms with Crippen LogP contribution in [0, 0.1) is 5.41 Å². The summed E-state index contributed by atoms with van der Waals surface area (Å²) in [6.07, 6.45) is 3.00.